The third kappa shape index (κ3) is 2.24. The molecule has 0 aliphatic carbocycles. The van der Waals surface area contributed by atoms with Crippen LogP contribution in [-0.2, 0) is 12.7 Å². The van der Waals surface area contributed by atoms with Gasteiger partial charge < -0.3 is 11.1 Å². The number of fused-ring (bicyclic) bond motifs is 1. The van der Waals surface area contributed by atoms with Gasteiger partial charge in [-0.3, -0.25) is 9.20 Å². The highest BCUT2D eigenvalue weighted by atomic mass is 19.4. The van der Waals surface area contributed by atoms with Crippen molar-refractivity contribution in [2.45, 2.75) is 12.7 Å². The number of aromatic nitrogens is 3. The zero-order valence-electron chi connectivity index (χ0n) is 9.82. The number of nitrogens with zero attached hydrogens (tertiary/aromatic N) is 3. The van der Waals surface area contributed by atoms with E-state index in [0.29, 0.717) is 0 Å². The monoisotopic (exact) mass is 273 g/mol. The van der Waals surface area contributed by atoms with Crippen molar-refractivity contribution in [2.24, 2.45) is 5.73 Å². The molecule has 0 saturated carbocycles. The van der Waals surface area contributed by atoms with Crippen molar-refractivity contribution in [1.82, 2.24) is 19.9 Å². The standard InChI is InChI=1S/C10H10F3N5O/c1-15-4-7-16-17-9-5(8(14)19)2-3-6(18(7)9)10(11,12)13/h2-3,15H,4H2,1H3,(H2,14,19). The first-order valence-electron chi connectivity index (χ1n) is 5.25. The topological polar surface area (TPSA) is 85.3 Å². The number of rotatable bonds is 3. The van der Waals surface area contributed by atoms with Crippen molar-refractivity contribution < 1.29 is 18.0 Å². The Morgan fingerprint density at radius 1 is 1.42 bits per heavy atom. The zero-order chi connectivity index (χ0) is 14.2. The van der Waals surface area contributed by atoms with Gasteiger partial charge in [0.2, 0.25) is 0 Å². The number of carbonyl (C=O) groups excluding carboxylic acids is 1. The number of alkyl halides is 3. The number of hydrogen-bond donors (Lipinski definition) is 2. The number of primary amides is 1. The number of nitrogens with one attached hydrogen (secondary N) is 1. The molecule has 0 aliphatic rings. The lowest BCUT2D eigenvalue weighted by atomic mass is 10.2. The predicted octanol–water partition coefficient (Wildman–Crippen LogP) is 0.566. The fourth-order valence-corrected chi connectivity index (χ4v) is 1.74. The SMILES string of the molecule is CNCc1nnc2c(C(N)=O)ccc(C(F)(F)F)n12. The number of nitrogens with two attached hydrogens (primary N) is 1. The molecular formula is C10H10F3N5O. The van der Waals surface area contributed by atoms with E-state index in [1.165, 1.54) is 0 Å². The van der Waals surface area contributed by atoms with Crippen LogP contribution in [0.25, 0.3) is 5.65 Å². The van der Waals surface area contributed by atoms with Gasteiger partial charge in [0.15, 0.2) is 11.5 Å². The quantitative estimate of drug-likeness (QED) is 0.856. The first-order valence-corrected chi connectivity index (χ1v) is 5.25. The fourth-order valence-electron chi connectivity index (χ4n) is 1.74. The van der Waals surface area contributed by atoms with Crippen molar-refractivity contribution >= 4 is 11.6 Å². The maximum absolute atomic E-state index is 12.9. The largest absolute Gasteiger partial charge is 0.431 e. The van der Waals surface area contributed by atoms with Crippen LogP contribution in [0, 0.1) is 0 Å². The second kappa shape index (κ2) is 4.50. The molecule has 0 radical (unpaired) electrons. The molecule has 6 nitrogen and oxygen atoms in total. The van der Waals surface area contributed by atoms with Crippen molar-refractivity contribution in [1.29, 1.82) is 0 Å². The van der Waals surface area contributed by atoms with Gasteiger partial charge in [-0.15, -0.1) is 10.2 Å². The van der Waals surface area contributed by atoms with Crippen LogP contribution in [0.1, 0.15) is 21.9 Å². The minimum Gasteiger partial charge on any atom is -0.365 e. The van der Waals surface area contributed by atoms with E-state index in [1.54, 1.807) is 7.05 Å². The molecule has 0 aliphatic heterocycles. The van der Waals surface area contributed by atoms with Crippen LogP contribution in [0.3, 0.4) is 0 Å². The van der Waals surface area contributed by atoms with Gasteiger partial charge in [0, 0.05) is 0 Å². The van der Waals surface area contributed by atoms with E-state index in [0.717, 1.165) is 16.5 Å². The van der Waals surface area contributed by atoms with Gasteiger partial charge >= 0.3 is 6.18 Å². The van der Waals surface area contributed by atoms with Crippen LogP contribution in [0.4, 0.5) is 13.2 Å². The Labute approximate surface area is 105 Å². The molecule has 1 amide bonds. The average molecular weight is 273 g/mol. The second-order valence-corrected chi connectivity index (χ2v) is 3.80. The molecular weight excluding hydrogens is 263 g/mol. The normalized spacial score (nSPS) is 12.0. The van der Waals surface area contributed by atoms with Crippen molar-refractivity contribution in [3.05, 3.63) is 29.2 Å². The second-order valence-electron chi connectivity index (χ2n) is 3.80. The summed E-state index contributed by atoms with van der Waals surface area (Å²) in [5.41, 5.74) is 3.84. The summed E-state index contributed by atoms with van der Waals surface area (Å²) in [4.78, 5) is 11.2. The van der Waals surface area contributed by atoms with E-state index >= 15 is 0 Å². The lowest BCUT2D eigenvalue weighted by molar-refractivity contribution is -0.142. The average Bonchev–Trinajstić information content (AvgIpc) is 2.71. The highest BCUT2D eigenvalue weighted by molar-refractivity contribution is 5.98. The van der Waals surface area contributed by atoms with Crippen LogP contribution < -0.4 is 11.1 Å². The summed E-state index contributed by atoms with van der Waals surface area (Å²) in [5, 5.41) is 9.93. The Kier molecular flexibility index (Phi) is 3.14. The van der Waals surface area contributed by atoms with E-state index in [-0.39, 0.29) is 23.6 Å². The van der Waals surface area contributed by atoms with Gasteiger partial charge in [0.05, 0.1) is 12.1 Å². The first kappa shape index (κ1) is 13.3. The summed E-state index contributed by atoms with van der Waals surface area (Å²) in [6, 6.07) is 1.79. The Bertz CT molecular complexity index is 634. The third-order valence-corrected chi connectivity index (χ3v) is 2.51. The molecule has 0 bridgehead atoms. The first-order chi connectivity index (χ1) is 8.86. The Hall–Kier alpha value is -2.16. The molecule has 0 unspecified atom stereocenters. The van der Waals surface area contributed by atoms with Gasteiger partial charge in [-0.2, -0.15) is 13.2 Å². The molecule has 102 valence electrons. The highest BCUT2D eigenvalue weighted by Crippen LogP contribution is 2.30. The summed E-state index contributed by atoms with van der Waals surface area (Å²) in [7, 11) is 1.56. The molecule has 2 aromatic rings. The minimum atomic E-state index is -4.58. The molecule has 2 aromatic heterocycles. The molecule has 2 heterocycles. The smallest absolute Gasteiger partial charge is 0.365 e. The summed E-state index contributed by atoms with van der Waals surface area (Å²) in [6.07, 6.45) is -4.58. The number of carbonyl (C=O) groups is 1. The van der Waals surface area contributed by atoms with Gasteiger partial charge in [-0.05, 0) is 19.2 Å². The fraction of sp³-hybridized carbons (Fsp3) is 0.300. The van der Waals surface area contributed by atoms with Crippen LogP contribution >= 0.6 is 0 Å². The molecule has 19 heavy (non-hydrogen) atoms. The van der Waals surface area contributed by atoms with Gasteiger partial charge in [-0.1, -0.05) is 0 Å². The van der Waals surface area contributed by atoms with Crippen molar-refractivity contribution in [3.8, 4) is 0 Å². The number of halogens is 3. The predicted molar refractivity (Wildman–Crippen MR) is 59.3 cm³/mol. The lowest BCUT2D eigenvalue weighted by Gasteiger charge is -2.12. The van der Waals surface area contributed by atoms with Crippen LogP contribution in [0.5, 0.6) is 0 Å². The van der Waals surface area contributed by atoms with E-state index in [1.807, 2.05) is 0 Å². The van der Waals surface area contributed by atoms with E-state index < -0.39 is 17.8 Å². The maximum atomic E-state index is 12.9. The minimum absolute atomic E-state index is 0.0490. The Morgan fingerprint density at radius 3 is 2.63 bits per heavy atom. The zero-order valence-corrected chi connectivity index (χ0v) is 9.82. The van der Waals surface area contributed by atoms with Crippen LogP contribution in [-0.4, -0.2) is 27.6 Å². The summed E-state index contributed by atoms with van der Waals surface area (Å²) in [5.74, 6) is -0.810. The van der Waals surface area contributed by atoms with E-state index in [2.05, 4.69) is 15.5 Å². The Morgan fingerprint density at radius 2 is 2.11 bits per heavy atom. The molecule has 0 atom stereocenters. The Balaban J connectivity index is 2.81. The summed E-state index contributed by atoms with van der Waals surface area (Å²) >= 11 is 0. The molecule has 0 saturated heterocycles. The van der Waals surface area contributed by atoms with Crippen LogP contribution in [0.15, 0.2) is 12.1 Å². The van der Waals surface area contributed by atoms with Gasteiger partial charge in [0.25, 0.3) is 5.91 Å². The molecule has 0 spiro atoms. The maximum Gasteiger partial charge on any atom is 0.431 e. The van der Waals surface area contributed by atoms with Crippen molar-refractivity contribution in [3.63, 3.8) is 0 Å². The summed E-state index contributed by atoms with van der Waals surface area (Å²) in [6.45, 7) is 0.0759. The molecule has 9 heteroatoms. The summed E-state index contributed by atoms with van der Waals surface area (Å²) < 4.78 is 39.6. The highest BCUT2D eigenvalue weighted by Gasteiger charge is 2.35. The van der Waals surface area contributed by atoms with Crippen LogP contribution in [0.2, 0.25) is 0 Å². The molecule has 2 rings (SSSR count). The van der Waals surface area contributed by atoms with Crippen molar-refractivity contribution in [2.75, 3.05) is 7.05 Å². The number of pyridine rings is 1. The molecule has 0 fully saturated rings. The van der Waals surface area contributed by atoms with Gasteiger partial charge in [-0.25, -0.2) is 0 Å². The lowest BCUT2D eigenvalue weighted by Crippen LogP contribution is -2.19. The molecule has 0 aromatic carbocycles. The van der Waals surface area contributed by atoms with E-state index in [4.69, 9.17) is 5.73 Å². The number of hydrogen-bond acceptors (Lipinski definition) is 4. The van der Waals surface area contributed by atoms with Gasteiger partial charge in [0.1, 0.15) is 5.69 Å². The molecule has 3 N–H and O–H groups in total. The number of amides is 1. The third-order valence-electron chi connectivity index (χ3n) is 2.51. The van der Waals surface area contributed by atoms with E-state index in [9.17, 15) is 18.0 Å².